The molecule has 0 N–H and O–H groups in total. The van der Waals surface area contributed by atoms with Gasteiger partial charge in [0.15, 0.2) is 0 Å². The molecule has 13 heteroatoms. The predicted octanol–water partition coefficient (Wildman–Crippen LogP) is 5.89. The van der Waals surface area contributed by atoms with Crippen LogP contribution in [-0.4, -0.2) is 96.4 Å². The fourth-order valence-corrected chi connectivity index (χ4v) is 6.93. The quantitative estimate of drug-likeness (QED) is 0.214. The second-order valence-electron chi connectivity index (χ2n) is 13.4. The van der Waals surface area contributed by atoms with E-state index in [9.17, 15) is 4.39 Å². The van der Waals surface area contributed by atoms with Crippen molar-refractivity contribution in [2.24, 2.45) is 0 Å². The minimum absolute atomic E-state index is 0.0129. The molecule has 2 aromatic carbocycles. The molecule has 3 fully saturated rings. The van der Waals surface area contributed by atoms with Crippen LogP contribution in [0.4, 0.5) is 20.7 Å². The second-order valence-corrected chi connectivity index (χ2v) is 13.4. The third-order valence-corrected chi connectivity index (χ3v) is 9.86. The van der Waals surface area contributed by atoms with Gasteiger partial charge in [0, 0.05) is 45.3 Å². The molecule has 0 spiro atoms. The lowest BCUT2D eigenvalue weighted by atomic mass is 9.93. The molecule has 3 aliphatic rings. The molecule has 5 heterocycles. The van der Waals surface area contributed by atoms with E-state index in [1.165, 1.54) is 6.07 Å². The molecule has 0 radical (unpaired) electrons. The Kier molecular flexibility index (Phi) is 9.69. The molecule has 0 saturated carbocycles. The Morgan fingerprint density at radius 1 is 0.750 bits per heavy atom. The third kappa shape index (κ3) is 7.08. The lowest BCUT2D eigenvalue weighted by Crippen LogP contribution is -2.49. The van der Waals surface area contributed by atoms with Crippen LogP contribution >= 0.6 is 0 Å². The zero-order valence-corrected chi connectivity index (χ0v) is 27.8. The first-order valence-electron chi connectivity index (χ1n) is 17.0. The first-order valence-corrected chi connectivity index (χ1v) is 17.0. The van der Waals surface area contributed by atoms with Gasteiger partial charge in [0.1, 0.15) is 11.6 Å². The van der Waals surface area contributed by atoms with Crippen LogP contribution in [-0.2, 0) is 9.47 Å². The van der Waals surface area contributed by atoms with Gasteiger partial charge in [-0.05, 0) is 76.8 Å². The van der Waals surface area contributed by atoms with E-state index in [0.717, 1.165) is 63.4 Å². The highest BCUT2D eigenvalue weighted by Crippen LogP contribution is 2.32. The minimum Gasteiger partial charge on any atom is -0.379 e. The van der Waals surface area contributed by atoms with Crippen molar-refractivity contribution in [2.75, 3.05) is 68.9 Å². The summed E-state index contributed by atoms with van der Waals surface area (Å²) in [7, 11) is 0. The lowest BCUT2D eigenvalue weighted by molar-refractivity contribution is 0.0114. The van der Waals surface area contributed by atoms with E-state index in [4.69, 9.17) is 18.5 Å². The van der Waals surface area contributed by atoms with Crippen LogP contribution in [0.3, 0.4) is 0 Å². The zero-order chi connectivity index (χ0) is 33.2. The monoisotopic (exact) mass is 663 g/mol. The van der Waals surface area contributed by atoms with Crippen molar-refractivity contribution in [2.45, 2.75) is 64.0 Å². The van der Waals surface area contributed by atoms with Crippen molar-refractivity contribution >= 4 is 11.9 Å². The Morgan fingerprint density at radius 2 is 1.35 bits per heavy atom. The first kappa shape index (κ1) is 32.6. The fraction of sp³-hybridized carbons (Fsp3) is 0.543. The van der Waals surface area contributed by atoms with Crippen LogP contribution in [0.1, 0.15) is 63.0 Å². The van der Waals surface area contributed by atoms with Crippen molar-refractivity contribution in [1.29, 1.82) is 0 Å². The Morgan fingerprint density at radius 3 is 1.98 bits per heavy atom. The highest BCUT2D eigenvalue weighted by molar-refractivity contribution is 5.57. The van der Waals surface area contributed by atoms with Gasteiger partial charge in [-0.1, -0.05) is 32.9 Å². The summed E-state index contributed by atoms with van der Waals surface area (Å²) in [5.74, 6) is 0.663. The van der Waals surface area contributed by atoms with Gasteiger partial charge in [-0.3, -0.25) is 4.90 Å². The van der Waals surface area contributed by atoms with Crippen molar-refractivity contribution in [3.63, 3.8) is 0 Å². The summed E-state index contributed by atoms with van der Waals surface area (Å²) in [6.45, 7) is 12.9. The lowest BCUT2D eigenvalue weighted by Gasteiger charge is -2.39. The van der Waals surface area contributed by atoms with E-state index in [0.29, 0.717) is 44.1 Å². The zero-order valence-electron chi connectivity index (χ0n) is 27.8. The molecule has 3 aliphatic heterocycles. The molecule has 0 amide bonds. The standard InChI is InChI=1S/C35H43F2N7O4/c1-22(2)24-4-6-28(30(36)19-24)33-39-35(41-48-33)44-14-17-46-27(21-44)18-23(3)25-5-7-29(31(37)20-25)32-38-34(40-47-32)43-10-8-26(9-11-43)42-12-15-45-16-13-42/h4-7,19-20,22-23,26-27H,8-18,21H2,1-3H3. The molecule has 0 bridgehead atoms. The summed E-state index contributed by atoms with van der Waals surface area (Å²) in [6.07, 6.45) is 2.58. The second kappa shape index (κ2) is 14.3. The van der Waals surface area contributed by atoms with Gasteiger partial charge < -0.3 is 28.3 Å². The van der Waals surface area contributed by atoms with E-state index in [1.54, 1.807) is 18.2 Å². The van der Waals surface area contributed by atoms with E-state index >= 15 is 4.39 Å². The number of ether oxygens (including phenoxy) is 2. The number of anilines is 2. The van der Waals surface area contributed by atoms with E-state index in [2.05, 4.69) is 37.0 Å². The van der Waals surface area contributed by atoms with Crippen molar-refractivity contribution in [3.8, 4) is 22.9 Å². The number of piperidine rings is 1. The molecule has 3 saturated heterocycles. The molecule has 256 valence electrons. The highest BCUT2D eigenvalue weighted by atomic mass is 19.1. The topological polar surface area (TPSA) is 106 Å². The van der Waals surface area contributed by atoms with Crippen molar-refractivity contribution in [3.05, 3.63) is 59.2 Å². The number of benzene rings is 2. The highest BCUT2D eigenvalue weighted by Gasteiger charge is 2.29. The van der Waals surface area contributed by atoms with Crippen LogP contribution < -0.4 is 9.80 Å². The predicted molar refractivity (Wildman–Crippen MR) is 176 cm³/mol. The number of hydrogen-bond acceptors (Lipinski definition) is 11. The summed E-state index contributed by atoms with van der Waals surface area (Å²) >= 11 is 0. The van der Waals surface area contributed by atoms with Crippen molar-refractivity contribution in [1.82, 2.24) is 25.2 Å². The summed E-state index contributed by atoms with van der Waals surface area (Å²) in [5.41, 5.74) is 2.33. The Bertz CT molecular complexity index is 1680. The maximum atomic E-state index is 15.4. The number of aromatic nitrogens is 4. The van der Waals surface area contributed by atoms with Crippen LogP contribution in [0.25, 0.3) is 22.9 Å². The Hall–Kier alpha value is -3.94. The van der Waals surface area contributed by atoms with E-state index in [-0.39, 0.29) is 46.7 Å². The summed E-state index contributed by atoms with van der Waals surface area (Å²) in [4.78, 5) is 15.7. The fourth-order valence-electron chi connectivity index (χ4n) is 6.93. The molecular weight excluding hydrogens is 620 g/mol. The summed E-state index contributed by atoms with van der Waals surface area (Å²) in [6, 6.07) is 10.8. The molecule has 11 nitrogen and oxygen atoms in total. The number of nitrogens with zero attached hydrogens (tertiary/aromatic N) is 7. The van der Waals surface area contributed by atoms with Gasteiger partial charge in [0.25, 0.3) is 23.7 Å². The van der Waals surface area contributed by atoms with Gasteiger partial charge in [-0.15, -0.1) is 0 Å². The normalized spacial score (nSPS) is 20.5. The van der Waals surface area contributed by atoms with Gasteiger partial charge in [0.05, 0.1) is 37.1 Å². The number of hydrogen-bond donors (Lipinski definition) is 0. The number of halogens is 2. The van der Waals surface area contributed by atoms with Gasteiger partial charge in [-0.2, -0.15) is 9.97 Å². The molecular formula is C35H43F2N7O4. The maximum absolute atomic E-state index is 15.4. The molecule has 0 aliphatic carbocycles. The minimum atomic E-state index is -0.403. The third-order valence-electron chi connectivity index (χ3n) is 9.86. The van der Waals surface area contributed by atoms with Gasteiger partial charge in [0.2, 0.25) is 0 Å². The first-order chi connectivity index (χ1) is 23.3. The molecule has 4 aromatic rings. The Labute approximate surface area is 279 Å². The molecule has 2 unspecified atom stereocenters. The van der Waals surface area contributed by atoms with Crippen molar-refractivity contribution < 1.29 is 27.3 Å². The number of morpholine rings is 2. The van der Waals surface area contributed by atoms with Crippen LogP contribution in [0.2, 0.25) is 0 Å². The smallest absolute Gasteiger partial charge is 0.266 e. The molecule has 7 rings (SSSR count). The average molecular weight is 664 g/mol. The molecule has 2 aromatic heterocycles. The van der Waals surface area contributed by atoms with E-state index in [1.807, 2.05) is 30.9 Å². The van der Waals surface area contributed by atoms with Crippen LogP contribution in [0.15, 0.2) is 45.4 Å². The van der Waals surface area contributed by atoms with Gasteiger partial charge in [-0.25, -0.2) is 8.78 Å². The molecule has 2 atom stereocenters. The maximum Gasteiger partial charge on any atom is 0.266 e. The number of rotatable bonds is 9. The van der Waals surface area contributed by atoms with Crippen LogP contribution in [0.5, 0.6) is 0 Å². The summed E-state index contributed by atoms with van der Waals surface area (Å²) in [5, 5.41) is 8.31. The van der Waals surface area contributed by atoms with Crippen LogP contribution in [0, 0.1) is 11.6 Å². The SMILES string of the molecule is CC(C)c1ccc(-c2nc(N3CCOC(CC(C)c4ccc(-c5nc(N6CCC(N7CCOCC7)CC6)no5)c(F)c4)C3)no2)c(F)c1. The molecule has 48 heavy (non-hydrogen) atoms. The van der Waals surface area contributed by atoms with E-state index < -0.39 is 5.82 Å². The average Bonchev–Trinajstić information content (AvgIpc) is 3.80. The summed E-state index contributed by atoms with van der Waals surface area (Å²) < 4.78 is 52.8. The Balaban J connectivity index is 0.946. The van der Waals surface area contributed by atoms with Gasteiger partial charge >= 0.3 is 0 Å². The largest absolute Gasteiger partial charge is 0.379 e.